The predicted molar refractivity (Wildman–Crippen MR) is 105 cm³/mol. The van der Waals surface area contributed by atoms with Crippen LogP contribution < -0.4 is 0 Å². The van der Waals surface area contributed by atoms with Gasteiger partial charge in [-0.2, -0.15) is 9.40 Å². The molecule has 1 amide bonds. The minimum atomic E-state index is -3.90. The van der Waals surface area contributed by atoms with Crippen LogP contribution in [0.4, 0.5) is 5.69 Å². The maximum Gasteiger partial charge on any atom is 0.270 e. The van der Waals surface area contributed by atoms with E-state index in [2.05, 4.69) is 5.10 Å². The van der Waals surface area contributed by atoms with Crippen LogP contribution in [0, 0.1) is 30.9 Å². The zero-order valence-corrected chi connectivity index (χ0v) is 17.6. The van der Waals surface area contributed by atoms with Crippen LogP contribution in [-0.4, -0.2) is 64.4 Å². The number of hydrogen-bond acceptors (Lipinski definition) is 6. The molecule has 10 nitrogen and oxygen atoms in total. The Kier molecular flexibility index (Phi) is 5.46. The van der Waals surface area contributed by atoms with Crippen LogP contribution in [0.25, 0.3) is 0 Å². The highest BCUT2D eigenvalue weighted by Crippen LogP contribution is 2.26. The summed E-state index contributed by atoms with van der Waals surface area (Å²) in [6.07, 6.45) is 0. The molecule has 0 atom stereocenters. The number of non-ortho nitro benzene ring substituents is 1. The van der Waals surface area contributed by atoms with E-state index >= 15 is 0 Å². The number of nitro benzene ring substituents is 1. The number of piperazine rings is 1. The zero-order valence-electron chi connectivity index (χ0n) is 16.7. The molecule has 156 valence electrons. The lowest BCUT2D eigenvalue weighted by atomic mass is 10.1. The first kappa shape index (κ1) is 20.9. The Morgan fingerprint density at radius 2 is 1.76 bits per heavy atom. The Morgan fingerprint density at radius 1 is 1.14 bits per heavy atom. The van der Waals surface area contributed by atoms with Gasteiger partial charge in [-0.15, -0.1) is 0 Å². The molecule has 2 heterocycles. The Morgan fingerprint density at radius 3 is 2.28 bits per heavy atom. The summed E-state index contributed by atoms with van der Waals surface area (Å²) in [7, 11) is -2.13. The van der Waals surface area contributed by atoms with Crippen LogP contribution in [0.1, 0.15) is 27.3 Å². The quantitative estimate of drug-likeness (QED) is 0.544. The molecule has 29 heavy (non-hydrogen) atoms. The lowest BCUT2D eigenvalue weighted by molar-refractivity contribution is -0.385. The van der Waals surface area contributed by atoms with Gasteiger partial charge in [0.05, 0.1) is 21.1 Å². The number of carbonyl (C=O) groups is 1. The summed E-state index contributed by atoms with van der Waals surface area (Å²) < 4.78 is 29.0. The minimum Gasteiger partial charge on any atom is -0.336 e. The molecule has 1 aromatic heterocycles. The van der Waals surface area contributed by atoms with Gasteiger partial charge in [0.1, 0.15) is 0 Å². The van der Waals surface area contributed by atoms with Crippen molar-refractivity contribution < 1.29 is 18.1 Å². The van der Waals surface area contributed by atoms with Crippen molar-refractivity contribution in [2.45, 2.75) is 25.7 Å². The molecule has 1 aliphatic heterocycles. The van der Waals surface area contributed by atoms with E-state index in [1.54, 1.807) is 30.5 Å². The van der Waals surface area contributed by atoms with Crippen molar-refractivity contribution in [1.82, 2.24) is 19.0 Å². The normalized spacial score (nSPS) is 15.5. The van der Waals surface area contributed by atoms with Gasteiger partial charge in [0, 0.05) is 51.1 Å². The number of hydrogen-bond donors (Lipinski definition) is 0. The molecule has 1 aromatic carbocycles. The summed E-state index contributed by atoms with van der Waals surface area (Å²) in [4.78, 5) is 24.8. The molecular weight excluding hydrogens is 398 g/mol. The van der Waals surface area contributed by atoms with Gasteiger partial charge in [0.15, 0.2) is 0 Å². The van der Waals surface area contributed by atoms with E-state index in [0.29, 0.717) is 16.8 Å². The standard InChI is InChI=1S/C18H23N5O5S/c1-12-5-6-15(23(25)26)11-16(12)29(27,28)22-9-7-21(8-10-22)18(24)17-13(2)19-20(4)14(17)3/h5-6,11H,7-10H2,1-4H3. The monoisotopic (exact) mass is 421 g/mol. The predicted octanol–water partition coefficient (Wildman–Crippen LogP) is 1.40. The molecule has 11 heteroatoms. The van der Waals surface area contributed by atoms with Gasteiger partial charge in [0.25, 0.3) is 11.6 Å². The average molecular weight is 421 g/mol. The number of nitro groups is 1. The SMILES string of the molecule is Cc1ccc([N+](=O)[O-])cc1S(=O)(=O)N1CCN(C(=O)c2c(C)nn(C)c2C)CC1. The fourth-order valence-corrected chi connectivity index (χ4v) is 5.16. The van der Waals surface area contributed by atoms with E-state index in [9.17, 15) is 23.3 Å². The maximum absolute atomic E-state index is 13.0. The zero-order chi connectivity index (χ0) is 21.5. The molecule has 2 aromatic rings. The topological polar surface area (TPSA) is 119 Å². The summed E-state index contributed by atoms with van der Waals surface area (Å²) in [6.45, 7) is 5.90. The van der Waals surface area contributed by atoms with Crippen LogP contribution in [0.2, 0.25) is 0 Å². The highest BCUT2D eigenvalue weighted by atomic mass is 32.2. The lowest BCUT2D eigenvalue weighted by Gasteiger charge is -2.34. The third-order valence-electron chi connectivity index (χ3n) is 5.25. The second kappa shape index (κ2) is 7.56. The van der Waals surface area contributed by atoms with Gasteiger partial charge in [-0.3, -0.25) is 19.6 Å². The largest absolute Gasteiger partial charge is 0.336 e. The van der Waals surface area contributed by atoms with Crippen molar-refractivity contribution in [3.63, 3.8) is 0 Å². The number of aromatic nitrogens is 2. The number of aryl methyl sites for hydroxylation is 3. The van der Waals surface area contributed by atoms with Crippen LogP contribution >= 0.6 is 0 Å². The number of carbonyl (C=O) groups excluding carboxylic acids is 1. The molecule has 0 aliphatic carbocycles. The minimum absolute atomic E-state index is 0.0783. The fraction of sp³-hybridized carbons (Fsp3) is 0.444. The third-order valence-corrected chi connectivity index (χ3v) is 7.29. The fourth-order valence-electron chi connectivity index (χ4n) is 3.49. The highest BCUT2D eigenvalue weighted by molar-refractivity contribution is 7.89. The van der Waals surface area contributed by atoms with Gasteiger partial charge < -0.3 is 4.90 Å². The molecule has 0 saturated carbocycles. The molecule has 0 radical (unpaired) electrons. The number of benzene rings is 1. The van der Waals surface area contributed by atoms with Crippen molar-refractivity contribution in [2.24, 2.45) is 7.05 Å². The third kappa shape index (κ3) is 3.75. The molecule has 0 bridgehead atoms. The molecule has 0 spiro atoms. The van der Waals surface area contributed by atoms with E-state index in [0.717, 1.165) is 11.8 Å². The summed E-state index contributed by atoms with van der Waals surface area (Å²) >= 11 is 0. The van der Waals surface area contributed by atoms with Crippen molar-refractivity contribution in [1.29, 1.82) is 0 Å². The molecular formula is C18H23N5O5S. The van der Waals surface area contributed by atoms with Crippen LogP contribution in [-0.2, 0) is 17.1 Å². The number of rotatable bonds is 4. The van der Waals surface area contributed by atoms with Crippen LogP contribution in [0.3, 0.4) is 0 Å². The van der Waals surface area contributed by atoms with E-state index < -0.39 is 14.9 Å². The van der Waals surface area contributed by atoms with Crippen LogP contribution in [0.5, 0.6) is 0 Å². The van der Waals surface area contributed by atoms with Gasteiger partial charge >= 0.3 is 0 Å². The summed E-state index contributed by atoms with van der Waals surface area (Å²) in [5, 5.41) is 15.3. The Labute approximate surface area is 168 Å². The molecule has 1 saturated heterocycles. The highest BCUT2D eigenvalue weighted by Gasteiger charge is 2.33. The number of nitrogens with zero attached hydrogens (tertiary/aromatic N) is 5. The van der Waals surface area contributed by atoms with Gasteiger partial charge in [-0.05, 0) is 26.3 Å². The molecule has 1 aliphatic rings. The smallest absolute Gasteiger partial charge is 0.270 e. The van der Waals surface area contributed by atoms with Crippen molar-refractivity contribution in [3.8, 4) is 0 Å². The lowest BCUT2D eigenvalue weighted by Crippen LogP contribution is -2.50. The molecule has 3 rings (SSSR count). The number of amides is 1. The van der Waals surface area contributed by atoms with Crippen molar-refractivity contribution >= 4 is 21.6 Å². The van der Waals surface area contributed by atoms with Gasteiger partial charge in [-0.25, -0.2) is 8.42 Å². The first-order chi connectivity index (χ1) is 13.5. The number of sulfonamides is 1. The second-order valence-corrected chi connectivity index (χ2v) is 8.98. The maximum atomic E-state index is 13.0. The summed E-state index contributed by atoms with van der Waals surface area (Å²) in [6, 6.07) is 3.80. The van der Waals surface area contributed by atoms with Crippen LogP contribution in [0.15, 0.2) is 23.1 Å². The molecule has 0 N–H and O–H groups in total. The van der Waals surface area contributed by atoms with E-state index in [1.807, 2.05) is 6.92 Å². The Balaban J connectivity index is 1.79. The first-order valence-electron chi connectivity index (χ1n) is 9.08. The Bertz CT molecular complexity index is 1080. The first-order valence-corrected chi connectivity index (χ1v) is 10.5. The van der Waals surface area contributed by atoms with Gasteiger partial charge in [0.2, 0.25) is 10.0 Å². The Hall–Kier alpha value is -2.79. The van der Waals surface area contributed by atoms with Gasteiger partial charge in [-0.1, -0.05) is 6.07 Å². The summed E-state index contributed by atoms with van der Waals surface area (Å²) in [5.41, 5.74) is 2.10. The van der Waals surface area contributed by atoms with Crippen molar-refractivity contribution in [3.05, 3.63) is 50.8 Å². The van der Waals surface area contributed by atoms with E-state index in [-0.39, 0.29) is 42.7 Å². The van der Waals surface area contributed by atoms with E-state index in [1.165, 1.54) is 16.4 Å². The molecule has 0 unspecified atom stereocenters. The van der Waals surface area contributed by atoms with E-state index in [4.69, 9.17) is 0 Å². The second-order valence-electron chi connectivity index (χ2n) is 7.07. The average Bonchev–Trinajstić information content (AvgIpc) is 2.93. The molecule has 1 fully saturated rings. The van der Waals surface area contributed by atoms with Crippen molar-refractivity contribution in [2.75, 3.05) is 26.2 Å². The summed E-state index contributed by atoms with van der Waals surface area (Å²) in [5.74, 6) is -0.170.